The summed E-state index contributed by atoms with van der Waals surface area (Å²) in [7, 11) is 0. The van der Waals surface area contributed by atoms with Gasteiger partial charge in [-0.2, -0.15) is 40.0 Å². The third-order valence-corrected chi connectivity index (χ3v) is 15.3. The molecule has 0 aromatic carbocycles. The van der Waals surface area contributed by atoms with Crippen molar-refractivity contribution in [3.63, 3.8) is 0 Å². The van der Waals surface area contributed by atoms with Gasteiger partial charge < -0.3 is 42.1 Å². The van der Waals surface area contributed by atoms with Crippen molar-refractivity contribution in [2.24, 2.45) is 11.8 Å². The fraction of sp³-hybridized carbons (Fsp3) is 0.889. The molecule has 2 aliphatic carbocycles. The van der Waals surface area contributed by atoms with Crippen LogP contribution in [0.4, 0.5) is 35.7 Å². The van der Waals surface area contributed by atoms with Gasteiger partial charge in [-0.25, -0.2) is 0 Å². The number of unbranched alkanes of at least 4 members (excludes halogenated alkanes) is 5. The normalized spacial score (nSPS) is 21.1. The van der Waals surface area contributed by atoms with Crippen LogP contribution in [0.25, 0.3) is 0 Å². The summed E-state index contributed by atoms with van der Waals surface area (Å²) in [6.45, 7) is 22.7. The molecule has 2 aromatic heterocycles. The van der Waals surface area contributed by atoms with E-state index in [0.717, 1.165) is 103 Å². The van der Waals surface area contributed by atoms with Crippen LogP contribution in [0.15, 0.2) is 0 Å². The highest BCUT2D eigenvalue weighted by Gasteiger charge is 2.48. The molecule has 18 nitrogen and oxygen atoms in total. The van der Waals surface area contributed by atoms with Crippen molar-refractivity contribution in [2.45, 2.75) is 244 Å². The van der Waals surface area contributed by atoms with Gasteiger partial charge in [0.2, 0.25) is 35.7 Å². The Morgan fingerprint density at radius 1 is 0.389 bits per heavy atom. The van der Waals surface area contributed by atoms with E-state index in [-0.39, 0.29) is 35.4 Å². The fourth-order valence-electron chi connectivity index (χ4n) is 12.6. The Labute approximate surface area is 434 Å². The van der Waals surface area contributed by atoms with E-state index in [1.807, 2.05) is 0 Å². The first-order chi connectivity index (χ1) is 34.5. The van der Waals surface area contributed by atoms with Crippen LogP contribution in [0.2, 0.25) is 0 Å². The van der Waals surface area contributed by atoms with Crippen molar-refractivity contribution in [1.82, 2.24) is 40.0 Å². The number of hydrogen-bond donors (Lipinski definition) is 8. The number of nitrogens with one attached hydrogen (secondary N) is 6. The van der Waals surface area contributed by atoms with Crippen molar-refractivity contribution >= 4 is 35.7 Å². The Hall–Kier alpha value is -3.42. The summed E-state index contributed by atoms with van der Waals surface area (Å²) in [4.78, 5) is 41.1. The Bertz CT molecular complexity index is 1690. The maximum absolute atomic E-state index is 9.44. The lowest BCUT2D eigenvalue weighted by Crippen LogP contribution is -2.61. The third kappa shape index (κ3) is 18.7. The Morgan fingerprint density at radius 2 is 0.653 bits per heavy atom. The predicted molar refractivity (Wildman–Crippen MR) is 292 cm³/mol. The van der Waals surface area contributed by atoms with Crippen LogP contribution in [-0.2, 0) is 9.68 Å². The molecule has 2 saturated heterocycles. The molecular weight excluding hydrogens is 909 g/mol. The standard InChI is InChI=1S/C54H100N14O4/c1-51(2)37-41(38-52(3,4)67(51)71-43-25-13-11-14-26-43)23-17-21-31-57-47-61-45(63-49(65-47)59-33-35-69)55-29-19-9-10-20-30-56-46-62-48(66-50(64-46)60-34-36-70)58-32-22-18-24-42-39-53(5,6)68(54(7,8)40-42)72-44-27-15-12-16-28-44/h41-44,69-70H,9-40H2,1-8H3,(H3,55,57,59,61,63,65)(H3,56,58,60,62,64,66). The number of hydrogen-bond acceptors (Lipinski definition) is 18. The summed E-state index contributed by atoms with van der Waals surface area (Å²) in [6, 6.07) is 0. The molecule has 8 N–H and O–H groups in total. The van der Waals surface area contributed by atoms with Crippen molar-refractivity contribution < 1.29 is 19.9 Å². The monoisotopic (exact) mass is 1010 g/mol. The van der Waals surface area contributed by atoms with Crippen LogP contribution in [-0.4, -0.2) is 137 Å². The van der Waals surface area contributed by atoms with E-state index < -0.39 is 0 Å². The van der Waals surface area contributed by atoms with Crippen molar-refractivity contribution in [2.75, 3.05) is 84.4 Å². The van der Waals surface area contributed by atoms with Crippen LogP contribution in [0.5, 0.6) is 0 Å². The quantitative estimate of drug-likeness (QED) is 0.0330. The summed E-state index contributed by atoms with van der Waals surface area (Å²) in [6.07, 6.45) is 28.6. The zero-order valence-electron chi connectivity index (χ0n) is 46.2. The molecule has 4 fully saturated rings. The molecule has 0 atom stereocenters. The van der Waals surface area contributed by atoms with E-state index in [4.69, 9.17) is 9.68 Å². The second kappa shape index (κ2) is 28.5. The number of aromatic nitrogens is 6. The minimum Gasteiger partial charge on any atom is -0.395 e. The number of anilines is 6. The van der Waals surface area contributed by atoms with Crippen molar-refractivity contribution in [1.29, 1.82) is 0 Å². The molecule has 72 heavy (non-hydrogen) atoms. The highest BCUT2D eigenvalue weighted by molar-refractivity contribution is 5.43. The van der Waals surface area contributed by atoms with Gasteiger partial charge in [-0.05, 0) is 144 Å². The van der Waals surface area contributed by atoms with Crippen LogP contribution < -0.4 is 31.9 Å². The Morgan fingerprint density at radius 3 is 0.931 bits per heavy atom. The van der Waals surface area contributed by atoms with Crippen molar-refractivity contribution in [3.8, 4) is 0 Å². The van der Waals surface area contributed by atoms with Gasteiger partial charge in [0.25, 0.3) is 0 Å². The molecule has 2 aromatic rings. The molecule has 0 radical (unpaired) electrons. The lowest BCUT2D eigenvalue weighted by atomic mass is 9.73. The number of rotatable bonds is 31. The molecular formula is C54H100N14O4. The molecule has 2 aliphatic heterocycles. The number of aliphatic hydroxyl groups excluding tert-OH is 2. The van der Waals surface area contributed by atoms with E-state index in [0.29, 0.717) is 72.8 Å². The average Bonchev–Trinajstić information content (AvgIpc) is 3.33. The van der Waals surface area contributed by atoms with Crippen LogP contribution in [0.1, 0.15) is 209 Å². The molecule has 4 heterocycles. The summed E-state index contributed by atoms with van der Waals surface area (Å²) in [5.74, 6) is 4.35. The first-order valence-electron chi connectivity index (χ1n) is 28.7. The number of aliphatic hydroxyl groups is 2. The molecule has 4 aliphatic rings. The fourth-order valence-corrected chi connectivity index (χ4v) is 12.6. The molecule has 410 valence electrons. The molecule has 0 spiro atoms. The molecule has 6 rings (SSSR count). The average molecular weight is 1010 g/mol. The zero-order valence-corrected chi connectivity index (χ0v) is 46.2. The predicted octanol–water partition coefficient (Wildman–Crippen LogP) is 10.2. The number of nitrogens with zero attached hydrogens (tertiary/aromatic N) is 8. The first kappa shape index (κ1) is 57.9. The van der Waals surface area contributed by atoms with Crippen LogP contribution >= 0.6 is 0 Å². The van der Waals surface area contributed by atoms with E-state index in [1.54, 1.807) is 0 Å². The molecule has 0 unspecified atom stereocenters. The second-order valence-electron chi connectivity index (χ2n) is 24.1. The lowest BCUT2D eigenvalue weighted by molar-refractivity contribution is -0.314. The first-order valence-corrected chi connectivity index (χ1v) is 28.7. The molecule has 0 bridgehead atoms. The molecule has 18 heteroatoms. The number of piperidine rings is 2. The Balaban J connectivity index is 0.861. The molecule has 0 amide bonds. The minimum absolute atomic E-state index is 0.00669. The van der Waals surface area contributed by atoms with Gasteiger partial charge in [0.15, 0.2) is 0 Å². The largest absolute Gasteiger partial charge is 0.395 e. The Kier molecular flexibility index (Phi) is 22.9. The van der Waals surface area contributed by atoms with Gasteiger partial charge in [-0.3, -0.25) is 9.68 Å². The SMILES string of the molecule is CC1(C)CC(CCCCNc2nc(NCCO)nc(NCCCCCCNc3nc(NCCO)nc(NCCCCC4CC(C)(C)N(OC5CCCCC5)C(C)(C)C4)n3)n2)CC(C)(C)N1OC1CCCCC1. The zero-order chi connectivity index (χ0) is 51.5. The lowest BCUT2D eigenvalue weighted by Gasteiger charge is -2.55. The van der Waals surface area contributed by atoms with Crippen LogP contribution in [0, 0.1) is 11.8 Å². The van der Waals surface area contributed by atoms with E-state index in [2.05, 4.69) is 127 Å². The third-order valence-electron chi connectivity index (χ3n) is 15.3. The van der Waals surface area contributed by atoms with Gasteiger partial charge in [0.05, 0.1) is 25.4 Å². The summed E-state index contributed by atoms with van der Waals surface area (Å²) >= 11 is 0. The van der Waals surface area contributed by atoms with E-state index >= 15 is 0 Å². The van der Waals surface area contributed by atoms with E-state index in [9.17, 15) is 10.2 Å². The van der Waals surface area contributed by atoms with Crippen LogP contribution in [0.3, 0.4) is 0 Å². The highest BCUT2D eigenvalue weighted by atomic mass is 16.7. The second-order valence-corrected chi connectivity index (χ2v) is 24.1. The summed E-state index contributed by atoms with van der Waals surface area (Å²) in [5.41, 5.74) is 0.0342. The smallest absolute Gasteiger partial charge is 0.229 e. The van der Waals surface area contributed by atoms with Gasteiger partial charge in [-0.15, -0.1) is 0 Å². The van der Waals surface area contributed by atoms with Gasteiger partial charge in [0.1, 0.15) is 0 Å². The van der Waals surface area contributed by atoms with E-state index in [1.165, 1.54) is 77.0 Å². The maximum atomic E-state index is 9.44. The van der Waals surface area contributed by atoms with Gasteiger partial charge in [0, 0.05) is 61.4 Å². The number of hydroxylamine groups is 4. The molecule has 2 saturated carbocycles. The highest BCUT2D eigenvalue weighted by Crippen LogP contribution is 2.46. The topological polar surface area (TPSA) is 215 Å². The van der Waals surface area contributed by atoms with Gasteiger partial charge >= 0.3 is 0 Å². The summed E-state index contributed by atoms with van der Waals surface area (Å²) < 4.78 is 0. The maximum Gasteiger partial charge on any atom is 0.229 e. The summed E-state index contributed by atoms with van der Waals surface area (Å²) in [5, 5.41) is 43.5. The van der Waals surface area contributed by atoms with Gasteiger partial charge in [-0.1, -0.05) is 77.0 Å². The van der Waals surface area contributed by atoms with Crippen molar-refractivity contribution in [3.05, 3.63) is 0 Å². The minimum atomic E-state index is -0.00669.